The third-order valence-electron chi connectivity index (χ3n) is 4.42. The molecule has 1 amide bonds. The number of nitro benzene ring substituents is 1. The van der Waals surface area contributed by atoms with Crippen LogP contribution >= 0.6 is 11.3 Å². The number of piperazine rings is 1. The highest BCUT2D eigenvalue weighted by atomic mass is 32.2. The highest BCUT2D eigenvalue weighted by Gasteiger charge is 2.33. The van der Waals surface area contributed by atoms with Crippen LogP contribution in [0.15, 0.2) is 40.6 Å². The van der Waals surface area contributed by atoms with E-state index in [0.717, 1.165) is 6.07 Å². The highest BCUT2D eigenvalue weighted by Crippen LogP contribution is 2.27. The first kappa shape index (κ1) is 20.9. The fourth-order valence-corrected chi connectivity index (χ4v) is 5.29. The summed E-state index contributed by atoms with van der Waals surface area (Å²) in [7, 11) is -4.01. The molecule has 0 bridgehead atoms. The van der Waals surface area contributed by atoms with Crippen LogP contribution in [0, 0.1) is 21.4 Å². The minimum atomic E-state index is -4.01. The zero-order valence-electron chi connectivity index (χ0n) is 15.1. The summed E-state index contributed by atoms with van der Waals surface area (Å²) in [6.07, 6.45) is 0. The number of nitrogens with one attached hydrogen (secondary N) is 1. The fraction of sp³-hybridized carbons (Fsp3) is 0.294. The van der Waals surface area contributed by atoms with Crippen LogP contribution in [0.25, 0.3) is 0 Å². The Balaban J connectivity index is 1.61. The molecular formula is C17H17N5O5S2. The number of benzene rings is 1. The Hall–Kier alpha value is -2.85. The number of nitro groups is 1. The van der Waals surface area contributed by atoms with Crippen molar-refractivity contribution in [2.24, 2.45) is 0 Å². The summed E-state index contributed by atoms with van der Waals surface area (Å²) in [5.74, 6) is -0.293. The van der Waals surface area contributed by atoms with E-state index in [-0.39, 0.29) is 30.4 Å². The maximum atomic E-state index is 12.8. The SMILES string of the molecule is N#Cc1ccsc1NC(=O)CN1CCN(S(=O)(=O)c2ccccc2[N+](=O)[O-])CC1. The second-order valence-electron chi connectivity index (χ2n) is 6.23. The van der Waals surface area contributed by atoms with Gasteiger partial charge in [-0.05, 0) is 17.5 Å². The number of hydrogen-bond acceptors (Lipinski definition) is 8. The Bertz CT molecular complexity index is 1070. The van der Waals surface area contributed by atoms with Crippen LogP contribution in [0.4, 0.5) is 10.7 Å². The van der Waals surface area contributed by atoms with Gasteiger partial charge in [-0.2, -0.15) is 9.57 Å². The Morgan fingerprint density at radius 3 is 2.59 bits per heavy atom. The van der Waals surface area contributed by atoms with Crippen molar-refractivity contribution in [1.29, 1.82) is 5.26 Å². The summed E-state index contributed by atoms with van der Waals surface area (Å²) in [5, 5.41) is 25.0. The molecule has 2 aromatic rings. The molecule has 1 aliphatic heterocycles. The molecule has 152 valence electrons. The van der Waals surface area contributed by atoms with Crippen LogP contribution in [-0.2, 0) is 14.8 Å². The van der Waals surface area contributed by atoms with Gasteiger partial charge in [-0.25, -0.2) is 8.42 Å². The molecule has 1 N–H and O–H groups in total. The topological polar surface area (TPSA) is 137 Å². The first-order chi connectivity index (χ1) is 13.8. The van der Waals surface area contributed by atoms with Crippen LogP contribution in [0.2, 0.25) is 0 Å². The Morgan fingerprint density at radius 1 is 1.24 bits per heavy atom. The second-order valence-corrected chi connectivity index (χ2v) is 9.05. The minimum Gasteiger partial charge on any atom is -0.315 e. The summed E-state index contributed by atoms with van der Waals surface area (Å²) >= 11 is 1.25. The number of hydrogen-bond donors (Lipinski definition) is 1. The quantitative estimate of drug-likeness (QED) is 0.536. The summed E-state index contributed by atoms with van der Waals surface area (Å²) in [6, 6.07) is 8.86. The molecular weight excluding hydrogens is 418 g/mol. The standard InChI is InChI=1S/C17H17N5O5S2/c18-11-13-5-10-28-17(13)19-16(23)12-20-6-8-21(9-7-20)29(26,27)15-4-2-1-3-14(15)22(24)25/h1-5,10H,6-9,12H2,(H,19,23). The molecule has 0 radical (unpaired) electrons. The number of sulfonamides is 1. The molecule has 0 unspecified atom stereocenters. The Labute approximate surface area is 171 Å². The zero-order valence-corrected chi connectivity index (χ0v) is 16.8. The van der Waals surface area contributed by atoms with Crippen LogP contribution in [0.1, 0.15) is 5.56 Å². The minimum absolute atomic E-state index is 0.0577. The lowest BCUT2D eigenvalue weighted by Crippen LogP contribution is -2.50. The molecule has 0 aliphatic carbocycles. The van der Waals surface area contributed by atoms with Crippen molar-refractivity contribution < 1.29 is 18.1 Å². The monoisotopic (exact) mass is 435 g/mol. The molecule has 1 fully saturated rings. The number of rotatable bonds is 6. The average Bonchev–Trinajstić information content (AvgIpc) is 3.15. The van der Waals surface area contributed by atoms with Gasteiger partial charge in [0, 0.05) is 32.2 Å². The molecule has 1 saturated heterocycles. The number of carbonyl (C=O) groups excluding carboxylic acids is 1. The Kier molecular flexibility index (Phi) is 6.23. The molecule has 1 aromatic carbocycles. The lowest BCUT2D eigenvalue weighted by molar-refractivity contribution is -0.387. The van der Waals surface area contributed by atoms with Crippen LogP contribution in [0.5, 0.6) is 0 Å². The number of amides is 1. The lowest BCUT2D eigenvalue weighted by Gasteiger charge is -2.33. The molecule has 0 atom stereocenters. The number of carbonyl (C=O) groups is 1. The van der Waals surface area contributed by atoms with Gasteiger partial charge >= 0.3 is 0 Å². The maximum absolute atomic E-state index is 12.8. The van der Waals surface area contributed by atoms with Crippen molar-refractivity contribution in [3.8, 4) is 6.07 Å². The molecule has 12 heteroatoms. The molecule has 2 heterocycles. The highest BCUT2D eigenvalue weighted by molar-refractivity contribution is 7.89. The first-order valence-corrected chi connectivity index (χ1v) is 10.9. The van der Waals surface area contributed by atoms with E-state index in [1.165, 1.54) is 33.8 Å². The van der Waals surface area contributed by atoms with E-state index in [4.69, 9.17) is 5.26 Å². The van der Waals surface area contributed by atoms with Gasteiger partial charge in [0.05, 0.1) is 17.0 Å². The van der Waals surface area contributed by atoms with Gasteiger partial charge in [0.15, 0.2) is 4.90 Å². The molecule has 0 saturated carbocycles. The number of thiophene rings is 1. The number of anilines is 1. The third-order valence-corrected chi connectivity index (χ3v) is 7.19. The molecule has 29 heavy (non-hydrogen) atoms. The van der Waals surface area contributed by atoms with E-state index < -0.39 is 20.6 Å². The van der Waals surface area contributed by atoms with Gasteiger partial charge in [0.25, 0.3) is 5.69 Å². The predicted molar refractivity (Wildman–Crippen MR) is 106 cm³/mol. The van der Waals surface area contributed by atoms with Crippen molar-refractivity contribution in [3.63, 3.8) is 0 Å². The number of nitriles is 1. The van der Waals surface area contributed by atoms with E-state index in [0.29, 0.717) is 23.7 Å². The molecule has 1 aromatic heterocycles. The predicted octanol–water partition coefficient (Wildman–Crippen LogP) is 1.47. The van der Waals surface area contributed by atoms with E-state index in [2.05, 4.69) is 5.32 Å². The Morgan fingerprint density at radius 2 is 1.93 bits per heavy atom. The fourth-order valence-electron chi connectivity index (χ4n) is 2.96. The van der Waals surface area contributed by atoms with Crippen LogP contribution < -0.4 is 5.32 Å². The third kappa shape index (κ3) is 4.60. The van der Waals surface area contributed by atoms with Crippen molar-refractivity contribution in [3.05, 3.63) is 51.4 Å². The van der Waals surface area contributed by atoms with Gasteiger partial charge < -0.3 is 5.32 Å². The molecule has 0 spiro atoms. The van der Waals surface area contributed by atoms with Crippen molar-refractivity contribution in [2.75, 3.05) is 38.0 Å². The van der Waals surface area contributed by atoms with Crippen molar-refractivity contribution >= 4 is 38.0 Å². The number of para-hydroxylation sites is 1. The van der Waals surface area contributed by atoms with Gasteiger partial charge in [-0.3, -0.25) is 19.8 Å². The van der Waals surface area contributed by atoms with Gasteiger partial charge in [-0.15, -0.1) is 11.3 Å². The average molecular weight is 435 g/mol. The van der Waals surface area contributed by atoms with Gasteiger partial charge in [-0.1, -0.05) is 12.1 Å². The summed E-state index contributed by atoms with van der Waals surface area (Å²) in [4.78, 5) is 24.1. The molecule has 3 rings (SSSR count). The van der Waals surface area contributed by atoms with E-state index in [1.54, 1.807) is 16.3 Å². The largest absolute Gasteiger partial charge is 0.315 e. The summed E-state index contributed by atoms with van der Waals surface area (Å²) in [6.45, 7) is 0.905. The summed E-state index contributed by atoms with van der Waals surface area (Å²) < 4.78 is 26.8. The van der Waals surface area contributed by atoms with Crippen LogP contribution in [0.3, 0.4) is 0 Å². The molecule has 10 nitrogen and oxygen atoms in total. The first-order valence-electron chi connectivity index (χ1n) is 8.56. The van der Waals surface area contributed by atoms with Gasteiger partial charge in [0.2, 0.25) is 15.9 Å². The van der Waals surface area contributed by atoms with Gasteiger partial charge in [0.1, 0.15) is 11.1 Å². The summed E-state index contributed by atoms with van der Waals surface area (Å²) in [5.41, 5.74) is -0.0673. The number of nitrogens with zero attached hydrogens (tertiary/aromatic N) is 4. The normalized spacial score (nSPS) is 15.6. The lowest BCUT2D eigenvalue weighted by atomic mass is 10.3. The maximum Gasteiger partial charge on any atom is 0.289 e. The van der Waals surface area contributed by atoms with E-state index in [1.807, 2.05) is 6.07 Å². The zero-order chi connectivity index (χ0) is 21.0. The second kappa shape index (κ2) is 8.66. The smallest absolute Gasteiger partial charge is 0.289 e. The van der Waals surface area contributed by atoms with Crippen LogP contribution in [-0.4, -0.2) is 61.2 Å². The van der Waals surface area contributed by atoms with Crippen molar-refractivity contribution in [1.82, 2.24) is 9.21 Å². The molecule has 1 aliphatic rings. The van der Waals surface area contributed by atoms with Crippen molar-refractivity contribution in [2.45, 2.75) is 4.90 Å². The van der Waals surface area contributed by atoms with E-state index in [9.17, 15) is 23.3 Å². The van der Waals surface area contributed by atoms with E-state index >= 15 is 0 Å².